The molecule has 1 unspecified atom stereocenters. The molecule has 0 bridgehead atoms. The second kappa shape index (κ2) is 8.22. The number of aryl methyl sites for hydroxylation is 1. The van der Waals surface area contributed by atoms with Crippen LogP contribution in [0.1, 0.15) is 5.56 Å². The highest BCUT2D eigenvalue weighted by Crippen LogP contribution is 2.36. The predicted octanol–water partition coefficient (Wildman–Crippen LogP) is 4.30. The van der Waals surface area contributed by atoms with Gasteiger partial charge >= 0.3 is 0 Å². The Kier molecular flexibility index (Phi) is 5.50. The van der Waals surface area contributed by atoms with E-state index in [1.54, 1.807) is 37.7 Å². The first-order chi connectivity index (χ1) is 14.1. The Balaban J connectivity index is 1.76. The highest BCUT2D eigenvalue weighted by Gasteiger charge is 2.15. The molecular weight excluding hydrogens is 454 g/mol. The van der Waals surface area contributed by atoms with Gasteiger partial charge in [0.1, 0.15) is 12.1 Å². The lowest BCUT2D eigenvalue weighted by Crippen LogP contribution is -2.07. The van der Waals surface area contributed by atoms with Crippen LogP contribution in [-0.4, -0.2) is 31.3 Å². The second-order valence-electron chi connectivity index (χ2n) is 6.15. The maximum Gasteiger partial charge on any atom is 0.234 e. The molecule has 7 nitrogen and oxygen atoms in total. The molecule has 29 heavy (non-hydrogen) atoms. The summed E-state index contributed by atoms with van der Waals surface area (Å²) in [5.41, 5.74) is 3.36. The molecule has 146 valence electrons. The number of hydrogen-bond donors (Lipinski definition) is 1. The van der Waals surface area contributed by atoms with Gasteiger partial charge in [0.2, 0.25) is 5.95 Å². The minimum Gasteiger partial charge on any atom is -0.496 e. The number of fused-ring (bicyclic) bond motifs is 1. The lowest BCUT2D eigenvalue weighted by molar-refractivity contribution is 0.416. The van der Waals surface area contributed by atoms with Crippen LogP contribution < -0.4 is 9.46 Å². The molecule has 9 heteroatoms. The van der Waals surface area contributed by atoms with Crippen molar-refractivity contribution in [3.8, 4) is 17.0 Å². The van der Waals surface area contributed by atoms with Crippen molar-refractivity contribution in [1.82, 2.24) is 19.9 Å². The van der Waals surface area contributed by atoms with Gasteiger partial charge in [-0.3, -0.25) is 4.72 Å². The number of benzene rings is 2. The van der Waals surface area contributed by atoms with Crippen LogP contribution in [0.3, 0.4) is 0 Å². The topological polar surface area (TPSA) is 89.9 Å². The third-order valence-electron chi connectivity index (χ3n) is 4.31. The fourth-order valence-electron chi connectivity index (χ4n) is 2.88. The van der Waals surface area contributed by atoms with Gasteiger partial charge in [-0.1, -0.05) is 15.9 Å². The normalized spacial score (nSPS) is 12.0. The van der Waals surface area contributed by atoms with Gasteiger partial charge in [-0.2, -0.15) is 0 Å². The Morgan fingerprint density at radius 3 is 2.62 bits per heavy atom. The minimum absolute atomic E-state index is 0.296. The molecule has 2 aromatic carbocycles. The van der Waals surface area contributed by atoms with E-state index in [1.807, 2.05) is 25.1 Å². The van der Waals surface area contributed by atoms with Gasteiger partial charge in [0.25, 0.3) is 0 Å². The molecule has 0 saturated heterocycles. The van der Waals surface area contributed by atoms with Crippen LogP contribution in [0, 0.1) is 6.92 Å². The SMILES string of the molecule is COc1cc(Br)c(C)cc1-c1ncnc2cc(S(=O)Nc3ncccn3)ccc12. The van der Waals surface area contributed by atoms with Crippen LogP contribution in [0.5, 0.6) is 5.75 Å². The summed E-state index contributed by atoms with van der Waals surface area (Å²) in [7, 11) is 0.107. The van der Waals surface area contributed by atoms with Crippen molar-refractivity contribution in [2.75, 3.05) is 11.8 Å². The zero-order valence-corrected chi connectivity index (χ0v) is 18.0. The highest BCUT2D eigenvalue weighted by molar-refractivity contribution is 9.10. The third-order valence-corrected chi connectivity index (χ3v) is 6.21. The van der Waals surface area contributed by atoms with Crippen molar-refractivity contribution >= 4 is 43.8 Å². The van der Waals surface area contributed by atoms with E-state index in [-0.39, 0.29) is 0 Å². The first kappa shape index (κ1) is 19.4. The van der Waals surface area contributed by atoms with E-state index in [9.17, 15) is 4.21 Å². The lowest BCUT2D eigenvalue weighted by Gasteiger charge is -2.13. The average molecular weight is 470 g/mol. The molecule has 0 fully saturated rings. The summed E-state index contributed by atoms with van der Waals surface area (Å²) in [5.74, 6) is 1.00. The summed E-state index contributed by atoms with van der Waals surface area (Å²) >= 11 is 3.53. The Morgan fingerprint density at radius 1 is 1.07 bits per heavy atom. The molecule has 4 aromatic rings. The number of halogens is 1. The second-order valence-corrected chi connectivity index (χ2v) is 8.21. The molecule has 2 heterocycles. The Hall–Kier alpha value is -2.91. The first-order valence-corrected chi connectivity index (χ1v) is 10.6. The molecule has 4 rings (SSSR count). The van der Waals surface area contributed by atoms with Gasteiger partial charge in [-0.05, 0) is 48.9 Å². The fraction of sp³-hybridized carbons (Fsp3) is 0.100. The number of hydrogen-bond acceptors (Lipinski definition) is 6. The van der Waals surface area contributed by atoms with Crippen LogP contribution in [0.2, 0.25) is 0 Å². The molecule has 1 atom stereocenters. The molecule has 0 aliphatic heterocycles. The molecular formula is C20H16BrN5O2S. The maximum atomic E-state index is 12.6. The molecule has 0 amide bonds. The number of nitrogens with one attached hydrogen (secondary N) is 1. The van der Waals surface area contributed by atoms with Gasteiger partial charge in [0.15, 0.2) is 11.0 Å². The van der Waals surface area contributed by atoms with Gasteiger partial charge < -0.3 is 4.74 Å². The summed E-state index contributed by atoms with van der Waals surface area (Å²) in [4.78, 5) is 17.5. The first-order valence-electron chi connectivity index (χ1n) is 8.61. The van der Waals surface area contributed by atoms with Crippen molar-refractivity contribution < 1.29 is 8.95 Å². The van der Waals surface area contributed by atoms with E-state index in [0.717, 1.165) is 26.7 Å². The molecule has 2 aromatic heterocycles. The van der Waals surface area contributed by atoms with Gasteiger partial charge in [0.05, 0.1) is 23.2 Å². The number of nitrogens with zero attached hydrogens (tertiary/aromatic N) is 4. The number of rotatable bonds is 5. The Bertz CT molecular complexity index is 1220. The highest BCUT2D eigenvalue weighted by atomic mass is 79.9. The Labute approximate surface area is 178 Å². The maximum absolute atomic E-state index is 12.6. The quantitative estimate of drug-likeness (QED) is 0.468. The lowest BCUT2D eigenvalue weighted by atomic mass is 10.0. The third kappa shape index (κ3) is 3.96. The van der Waals surface area contributed by atoms with Crippen LogP contribution in [-0.2, 0) is 11.0 Å². The molecule has 0 saturated carbocycles. The zero-order valence-electron chi connectivity index (χ0n) is 15.6. The monoisotopic (exact) mass is 469 g/mol. The van der Waals surface area contributed by atoms with Crippen molar-refractivity contribution in [3.63, 3.8) is 0 Å². The van der Waals surface area contributed by atoms with Gasteiger partial charge in [0, 0.05) is 27.8 Å². The van der Waals surface area contributed by atoms with E-state index < -0.39 is 11.0 Å². The number of methoxy groups -OCH3 is 1. The van der Waals surface area contributed by atoms with Gasteiger partial charge in [-0.15, -0.1) is 0 Å². The van der Waals surface area contributed by atoms with Gasteiger partial charge in [-0.25, -0.2) is 24.1 Å². The Morgan fingerprint density at radius 2 is 1.86 bits per heavy atom. The summed E-state index contributed by atoms with van der Waals surface area (Å²) in [6.45, 7) is 2.01. The van der Waals surface area contributed by atoms with E-state index in [4.69, 9.17) is 4.74 Å². The van der Waals surface area contributed by atoms with Crippen molar-refractivity contribution in [3.05, 3.63) is 65.2 Å². The summed E-state index contributed by atoms with van der Waals surface area (Å²) in [6, 6.07) is 11.0. The van der Waals surface area contributed by atoms with E-state index in [0.29, 0.717) is 22.1 Å². The van der Waals surface area contributed by atoms with E-state index in [1.165, 1.54) is 6.33 Å². The standard InChI is InChI=1S/C20H16BrN5O2S/c1-12-8-15(18(28-2)10-16(12)21)19-14-5-4-13(9-17(14)24-11-25-19)29(27)26-20-22-6-3-7-23-20/h3-11H,1-2H3,(H,22,23,26). The molecule has 0 spiro atoms. The predicted molar refractivity (Wildman–Crippen MR) is 116 cm³/mol. The molecule has 1 N–H and O–H groups in total. The summed E-state index contributed by atoms with van der Waals surface area (Å²) < 4.78 is 21.9. The largest absolute Gasteiger partial charge is 0.496 e. The van der Waals surface area contributed by atoms with E-state index in [2.05, 4.69) is 40.6 Å². The fourth-order valence-corrected chi connectivity index (χ4v) is 4.00. The number of ether oxygens (including phenoxy) is 1. The minimum atomic E-state index is -1.52. The number of anilines is 1. The van der Waals surface area contributed by atoms with Crippen molar-refractivity contribution in [2.24, 2.45) is 0 Å². The van der Waals surface area contributed by atoms with Crippen LogP contribution in [0.4, 0.5) is 5.95 Å². The van der Waals surface area contributed by atoms with Crippen LogP contribution in [0.15, 0.2) is 64.5 Å². The average Bonchev–Trinajstić information content (AvgIpc) is 2.75. The summed E-state index contributed by atoms with van der Waals surface area (Å²) in [5, 5.41) is 0.837. The molecule has 0 radical (unpaired) electrons. The zero-order chi connectivity index (χ0) is 20.4. The van der Waals surface area contributed by atoms with Crippen LogP contribution >= 0.6 is 15.9 Å². The van der Waals surface area contributed by atoms with E-state index >= 15 is 0 Å². The molecule has 0 aliphatic carbocycles. The summed E-state index contributed by atoms with van der Waals surface area (Å²) in [6.07, 6.45) is 4.66. The van der Waals surface area contributed by atoms with Crippen molar-refractivity contribution in [1.29, 1.82) is 0 Å². The van der Waals surface area contributed by atoms with Crippen LogP contribution in [0.25, 0.3) is 22.2 Å². The van der Waals surface area contributed by atoms with Crippen molar-refractivity contribution in [2.45, 2.75) is 11.8 Å². The number of aromatic nitrogens is 4. The smallest absolute Gasteiger partial charge is 0.234 e. The molecule has 0 aliphatic rings.